The van der Waals surface area contributed by atoms with Crippen molar-refractivity contribution >= 4 is 29.0 Å². The number of rotatable bonds is 3. The Labute approximate surface area is 117 Å². The molecule has 0 N–H and O–H groups in total. The Bertz CT molecular complexity index is 568. The Hall–Kier alpha value is -1.67. The molecule has 19 heavy (non-hydrogen) atoms. The first kappa shape index (κ1) is 13.8. The van der Waals surface area contributed by atoms with Crippen molar-refractivity contribution in [1.82, 2.24) is 4.90 Å². The van der Waals surface area contributed by atoms with Gasteiger partial charge in [0.1, 0.15) is 17.4 Å². The van der Waals surface area contributed by atoms with Gasteiger partial charge in [-0.15, -0.1) is 11.3 Å². The molecule has 0 amide bonds. The van der Waals surface area contributed by atoms with Crippen LogP contribution in [0.3, 0.4) is 0 Å². The van der Waals surface area contributed by atoms with Gasteiger partial charge in [-0.2, -0.15) is 5.26 Å². The van der Waals surface area contributed by atoms with Gasteiger partial charge in [0.25, 0.3) is 0 Å². The number of fused-ring (bicyclic) bond motifs is 1. The van der Waals surface area contributed by atoms with E-state index < -0.39 is 5.41 Å². The number of thiophene rings is 1. The number of aryl methyl sites for hydroxylation is 1. The van der Waals surface area contributed by atoms with Crippen molar-refractivity contribution in [1.29, 1.82) is 5.26 Å². The largest absolute Gasteiger partial charge is 0.369 e. The molecule has 0 spiro atoms. The molecule has 1 aromatic rings. The number of carbonyl (C=O) groups excluding carboxylic acids is 1. The minimum absolute atomic E-state index is 0.527. The Balaban J connectivity index is 2.57. The molecular weight excluding hydrogens is 258 g/mol. The monoisotopic (exact) mass is 275 g/mol. The normalized spacial score (nSPS) is 22.0. The lowest BCUT2D eigenvalue weighted by Gasteiger charge is -2.28. The van der Waals surface area contributed by atoms with Crippen LogP contribution in [0, 0.1) is 11.3 Å². The lowest BCUT2D eigenvalue weighted by molar-refractivity contribution is -0.112. The maximum absolute atomic E-state index is 11.4. The van der Waals surface area contributed by atoms with Crippen LogP contribution >= 0.6 is 11.3 Å². The summed E-state index contributed by atoms with van der Waals surface area (Å²) in [6.07, 6.45) is 5.42. The third kappa shape index (κ3) is 2.41. The molecule has 100 valence electrons. The topological polar surface area (TPSA) is 56.5 Å². The van der Waals surface area contributed by atoms with Gasteiger partial charge in [0.2, 0.25) is 0 Å². The molecule has 1 atom stereocenters. The van der Waals surface area contributed by atoms with E-state index in [9.17, 15) is 10.1 Å². The third-order valence-electron chi connectivity index (χ3n) is 3.41. The van der Waals surface area contributed by atoms with Crippen LogP contribution in [0.2, 0.25) is 0 Å². The van der Waals surface area contributed by atoms with Gasteiger partial charge in [-0.1, -0.05) is 0 Å². The second kappa shape index (κ2) is 5.14. The Kier molecular flexibility index (Phi) is 3.72. The van der Waals surface area contributed by atoms with Gasteiger partial charge < -0.3 is 9.69 Å². The molecule has 0 aliphatic heterocycles. The first-order valence-electron chi connectivity index (χ1n) is 6.25. The van der Waals surface area contributed by atoms with Crippen LogP contribution < -0.4 is 0 Å². The zero-order valence-electron chi connectivity index (χ0n) is 11.4. The van der Waals surface area contributed by atoms with Crippen molar-refractivity contribution in [2.45, 2.75) is 31.6 Å². The molecule has 0 aromatic carbocycles. The van der Waals surface area contributed by atoms with E-state index in [4.69, 9.17) is 0 Å². The van der Waals surface area contributed by atoms with Crippen molar-refractivity contribution < 1.29 is 4.79 Å². The molecule has 2 rings (SSSR count). The Morgan fingerprint density at radius 1 is 1.53 bits per heavy atom. The fraction of sp³-hybridized carbons (Fsp3) is 0.500. The minimum Gasteiger partial charge on any atom is -0.369 e. The number of nitrogens with zero attached hydrogens (tertiary/aromatic N) is 3. The first-order chi connectivity index (χ1) is 9.01. The van der Waals surface area contributed by atoms with E-state index in [2.05, 4.69) is 11.1 Å². The minimum atomic E-state index is -0.527. The van der Waals surface area contributed by atoms with Gasteiger partial charge in [0, 0.05) is 19.0 Å². The molecule has 1 unspecified atom stereocenters. The van der Waals surface area contributed by atoms with E-state index in [-0.39, 0.29) is 0 Å². The fourth-order valence-electron chi connectivity index (χ4n) is 2.47. The van der Waals surface area contributed by atoms with E-state index in [1.807, 2.05) is 25.9 Å². The van der Waals surface area contributed by atoms with Crippen LogP contribution in [0.25, 0.3) is 0 Å². The van der Waals surface area contributed by atoms with Crippen LogP contribution in [0.1, 0.15) is 35.8 Å². The summed E-state index contributed by atoms with van der Waals surface area (Å²) in [4.78, 5) is 18.8. The van der Waals surface area contributed by atoms with E-state index in [1.165, 1.54) is 0 Å². The van der Waals surface area contributed by atoms with Crippen molar-refractivity contribution in [3.8, 4) is 6.07 Å². The zero-order chi connectivity index (χ0) is 14.0. The number of hydrogen-bond acceptors (Lipinski definition) is 4. The van der Waals surface area contributed by atoms with Crippen molar-refractivity contribution in [2.24, 2.45) is 4.99 Å². The van der Waals surface area contributed by atoms with Gasteiger partial charge in [0.15, 0.2) is 0 Å². The molecule has 0 fully saturated rings. The molecule has 1 aliphatic carbocycles. The van der Waals surface area contributed by atoms with Crippen molar-refractivity contribution in [3.63, 3.8) is 0 Å². The molecule has 1 aliphatic rings. The number of aliphatic imine (C=N–C) groups is 1. The van der Waals surface area contributed by atoms with E-state index in [1.54, 1.807) is 17.7 Å². The number of carbonyl (C=O) groups is 1. The fourth-order valence-corrected chi connectivity index (χ4v) is 3.73. The molecular formula is C14H17N3OS. The van der Waals surface area contributed by atoms with Gasteiger partial charge in [0.05, 0.1) is 17.3 Å². The number of hydrogen-bond donors (Lipinski definition) is 0. The molecule has 1 aromatic heterocycles. The highest BCUT2D eigenvalue weighted by molar-refractivity contribution is 7.16. The summed E-state index contributed by atoms with van der Waals surface area (Å²) in [5.41, 5.74) is 0.959. The summed E-state index contributed by atoms with van der Waals surface area (Å²) in [7, 11) is 3.78. The molecule has 0 saturated heterocycles. The summed E-state index contributed by atoms with van der Waals surface area (Å²) in [5.74, 6) is 0. The Morgan fingerprint density at radius 2 is 2.26 bits per heavy atom. The van der Waals surface area contributed by atoms with E-state index >= 15 is 0 Å². The lowest BCUT2D eigenvalue weighted by Crippen LogP contribution is -2.28. The van der Waals surface area contributed by atoms with Crippen LogP contribution in [0.5, 0.6) is 0 Å². The molecule has 4 nitrogen and oxygen atoms in total. The summed E-state index contributed by atoms with van der Waals surface area (Å²) >= 11 is 1.54. The molecule has 0 saturated carbocycles. The van der Waals surface area contributed by atoms with Gasteiger partial charge in [-0.3, -0.25) is 0 Å². The van der Waals surface area contributed by atoms with Crippen LogP contribution in [-0.4, -0.2) is 31.6 Å². The maximum Gasteiger partial charge on any atom is 0.136 e. The molecule has 5 heteroatoms. The predicted molar refractivity (Wildman–Crippen MR) is 77.2 cm³/mol. The smallest absolute Gasteiger partial charge is 0.136 e. The second-order valence-corrected chi connectivity index (χ2v) is 6.37. The highest BCUT2D eigenvalue weighted by atomic mass is 32.1. The quantitative estimate of drug-likeness (QED) is 0.484. The summed E-state index contributed by atoms with van der Waals surface area (Å²) in [6, 6.07) is 2.24. The average molecular weight is 275 g/mol. The predicted octanol–water partition coefficient (Wildman–Crippen LogP) is 2.63. The highest BCUT2D eigenvalue weighted by Crippen LogP contribution is 2.46. The van der Waals surface area contributed by atoms with Gasteiger partial charge >= 0.3 is 0 Å². The van der Waals surface area contributed by atoms with E-state index in [0.717, 1.165) is 41.0 Å². The average Bonchev–Trinajstić information content (AvgIpc) is 2.75. The molecule has 1 heterocycles. The SMILES string of the molecule is CN(C)C=Nc1sc2c(c1C#N)C(C)(C=O)CCC2. The maximum atomic E-state index is 11.4. The summed E-state index contributed by atoms with van der Waals surface area (Å²) < 4.78 is 0. The lowest BCUT2D eigenvalue weighted by atomic mass is 9.74. The van der Waals surface area contributed by atoms with Crippen LogP contribution in [0.4, 0.5) is 5.00 Å². The molecule has 0 bridgehead atoms. The van der Waals surface area contributed by atoms with Gasteiger partial charge in [-0.05, 0) is 31.7 Å². The van der Waals surface area contributed by atoms with Crippen molar-refractivity contribution in [2.75, 3.05) is 14.1 Å². The molecule has 0 radical (unpaired) electrons. The zero-order valence-corrected chi connectivity index (χ0v) is 12.3. The van der Waals surface area contributed by atoms with Crippen LogP contribution in [0.15, 0.2) is 4.99 Å². The summed E-state index contributed by atoms with van der Waals surface area (Å²) in [6.45, 7) is 1.92. The summed E-state index contributed by atoms with van der Waals surface area (Å²) in [5, 5.41) is 10.1. The van der Waals surface area contributed by atoms with E-state index in [0.29, 0.717) is 5.56 Å². The van der Waals surface area contributed by atoms with Crippen LogP contribution in [-0.2, 0) is 16.6 Å². The van der Waals surface area contributed by atoms with Gasteiger partial charge in [-0.25, -0.2) is 4.99 Å². The number of aldehydes is 1. The van der Waals surface area contributed by atoms with Crippen molar-refractivity contribution in [3.05, 3.63) is 16.0 Å². The second-order valence-electron chi connectivity index (χ2n) is 5.29. The highest BCUT2D eigenvalue weighted by Gasteiger charge is 2.37. The third-order valence-corrected chi connectivity index (χ3v) is 4.57. The number of nitriles is 1. The first-order valence-corrected chi connectivity index (χ1v) is 7.06. The Morgan fingerprint density at radius 3 is 2.84 bits per heavy atom. The standard InChI is InChI=1S/C14H17N3OS/c1-14(8-18)6-4-5-11-12(14)10(7-15)13(19-11)16-9-17(2)3/h8-9H,4-6H2,1-3H3.